The number of carbonyl (C=O) groups is 1. The van der Waals surface area contributed by atoms with E-state index in [1.54, 1.807) is 0 Å². The molecule has 1 atom stereocenters. The minimum atomic E-state index is 0.242. The van der Waals surface area contributed by atoms with Crippen molar-refractivity contribution < 1.29 is 9.53 Å². The van der Waals surface area contributed by atoms with Gasteiger partial charge in [-0.15, -0.1) is 0 Å². The first-order valence-electron chi connectivity index (χ1n) is 6.45. The number of hydrogen-bond acceptors (Lipinski definition) is 3. The van der Waals surface area contributed by atoms with E-state index in [1.165, 1.54) is 5.57 Å². The number of fused-ring (bicyclic) bond motifs is 1. The lowest BCUT2D eigenvalue weighted by atomic mass is 9.90. The Balaban J connectivity index is 2.01. The molecule has 0 bridgehead atoms. The zero-order chi connectivity index (χ0) is 12.5. The van der Waals surface area contributed by atoms with Gasteiger partial charge in [-0.25, -0.2) is 0 Å². The lowest BCUT2D eigenvalue weighted by molar-refractivity contribution is 0.0983. The number of Topliss-reactive ketones (excluding diaryl/α,β-unsaturated/α-hetero) is 1. The number of hydrogen-bond donors (Lipinski definition) is 1. The molecule has 1 unspecified atom stereocenters. The van der Waals surface area contributed by atoms with Gasteiger partial charge in [0.25, 0.3) is 0 Å². The summed E-state index contributed by atoms with van der Waals surface area (Å²) in [6, 6.07) is 6.14. The Morgan fingerprint density at radius 2 is 2.28 bits per heavy atom. The Morgan fingerprint density at radius 3 is 3.11 bits per heavy atom. The molecule has 0 amide bonds. The summed E-state index contributed by atoms with van der Waals surface area (Å²) >= 11 is 0. The first-order valence-corrected chi connectivity index (χ1v) is 6.45. The molecule has 94 valence electrons. The van der Waals surface area contributed by atoms with Crippen LogP contribution in [0.25, 0.3) is 5.57 Å². The molecule has 1 aromatic carbocycles. The van der Waals surface area contributed by atoms with Crippen LogP contribution in [0.1, 0.15) is 29.3 Å². The fraction of sp³-hybridized carbons (Fsp3) is 0.400. The third-order valence-electron chi connectivity index (χ3n) is 3.64. The molecular formula is C15H17NO2. The van der Waals surface area contributed by atoms with Crippen LogP contribution in [0.15, 0.2) is 24.3 Å². The van der Waals surface area contributed by atoms with E-state index >= 15 is 0 Å². The predicted molar refractivity (Wildman–Crippen MR) is 71.8 cm³/mol. The number of carbonyl (C=O) groups excluding carboxylic acids is 1. The quantitative estimate of drug-likeness (QED) is 0.824. The van der Waals surface area contributed by atoms with Crippen LogP contribution in [0, 0.1) is 5.92 Å². The van der Waals surface area contributed by atoms with Crippen LogP contribution in [0.5, 0.6) is 0 Å². The summed E-state index contributed by atoms with van der Waals surface area (Å²) < 4.78 is 5.41. The SMILES string of the molecule is CC1COCC=C1c1ccc2c(c1)C(=O)CCN2. The molecule has 0 saturated carbocycles. The number of ether oxygens (including phenoxy) is 1. The van der Waals surface area contributed by atoms with Gasteiger partial charge in [-0.1, -0.05) is 19.1 Å². The maximum absolute atomic E-state index is 11.9. The molecule has 0 saturated heterocycles. The molecule has 2 heterocycles. The third kappa shape index (κ3) is 1.95. The van der Waals surface area contributed by atoms with E-state index < -0.39 is 0 Å². The smallest absolute Gasteiger partial charge is 0.166 e. The molecule has 3 rings (SSSR count). The summed E-state index contributed by atoms with van der Waals surface area (Å²) in [5, 5.41) is 3.27. The normalized spacial score (nSPS) is 23.1. The molecule has 0 aromatic heterocycles. The maximum Gasteiger partial charge on any atom is 0.166 e. The number of nitrogens with one attached hydrogen (secondary N) is 1. The van der Waals surface area contributed by atoms with E-state index in [-0.39, 0.29) is 5.78 Å². The van der Waals surface area contributed by atoms with Crippen molar-refractivity contribution in [2.24, 2.45) is 5.92 Å². The lowest BCUT2D eigenvalue weighted by Crippen LogP contribution is -2.19. The summed E-state index contributed by atoms with van der Waals surface area (Å²) in [4.78, 5) is 11.9. The molecule has 2 aliphatic heterocycles. The van der Waals surface area contributed by atoms with Crippen molar-refractivity contribution in [3.05, 3.63) is 35.4 Å². The highest BCUT2D eigenvalue weighted by atomic mass is 16.5. The summed E-state index contributed by atoms with van der Waals surface area (Å²) in [6.07, 6.45) is 2.71. The summed E-state index contributed by atoms with van der Waals surface area (Å²) in [5.74, 6) is 0.634. The van der Waals surface area contributed by atoms with Gasteiger partial charge in [-0.2, -0.15) is 0 Å². The van der Waals surface area contributed by atoms with Gasteiger partial charge < -0.3 is 10.1 Å². The van der Waals surface area contributed by atoms with Gasteiger partial charge in [-0.05, 0) is 23.3 Å². The zero-order valence-corrected chi connectivity index (χ0v) is 10.5. The molecule has 0 spiro atoms. The number of ketones is 1. The Bertz CT molecular complexity index is 519. The van der Waals surface area contributed by atoms with Crippen LogP contribution in [-0.2, 0) is 4.74 Å². The molecule has 0 fully saturated rings. The monoisotopic (exact) mass is 243 g/mol. The molecular weight excluding hydrogens is 226 g/mol. The molecule has 0 radical (unpaired) electrons. The van der Waals surface area contributed by atoms with Gasteiger partial charge in [0.2, 0.25) is 0 Å². The van der Waals surface area contributed by atoms with E-state index in [2.05, 4.69) is 24.4 Å². The van der Waals surface area contributed by atoms with E-state index in [0.29, 0.717) is 18.9 Å². The van der Waals surface area contributed by atoms with Crippen LogP contribution in [0.4, 0.5) is 5.69 Å². The lowest BCUT2D eigenvalue weighted by Gasteiger charge is -2.23. The van der Waals surface area contributed by atoms with Crippen molar-refractivity contribution in [2.75, 3.05) is 25.1 Å². The van der Waals surface area contributed by atoms with Crippen molar-refractivity contribution >= 4 is 17.0 Å². The van der Waals surface area contributed by atoms with Gasteiger partial charge >= 0.3 is 0 Å². The molecule has 18 heavy (non-hydrogen) atoms. The second kappa shape index (κ2) is 4.58. The Morgan fingerprint density at radius 1 is 1.39 bits per heavy atom. The summed E-state index contributed by atoms with van der Waals surface area (Å²) in [6.45, 7) is 4.33. The fourth-order valence-corrected chi connectivity index (χ4v) is 2.64. The Labute approximate surface area is 107 Å². The average Bonchev–Trinajstić information content (AvgIpc) is 2.40. The van der Waals surface area contributed by atoms with Crippen molar-refractivity contribution in [2.45, 2.75) is 13.3 Å². The van der Waals surface area contributed by atoms with Crippen molar-refractivity contribution in [1.82, 2.24) is 0 Å². The standard InChI is InChI=1S/C15H17NO2/c1-10-9-18-7-5-12(10)11-2-3-14-13(8-11)15(17)4-6-16-14/h2-3,5,8,10,16H,4,6-7,9H2,1H3. The van der Waals surface area contributed by atoms with Gasteiger partial charge in [0.15, 0.2) is 5.78 Å². The van der Waals surface area contributed by atoms with E-state index in [1.807, 2.05) is 12.1 Å². The van der Waals surface area contributed by atoms with Crippen LogP contribution in [0.2, 0.25) is 0 Å². The second-order valence-electron chi connectivity index (χ2n) is 4.96. The largest absolute Gasteiger partial charge is 0.384 e. The fourth-order valence-electron chi connectivity index (χ4n) is 2.64. The number of rotatable bonds is 1. The van der Waals surface area contributed by atoms with Crippen LogP contribution >= 0.6 is 0 Å². The van der Waals surface area contributed by atoms with E-state index in [9.17, 15) is 4.79 Å². The molecule has 0 aliphatic carbocycles. The molecule has 3 heteroatoms. The number of benzene rings is 1. The Kier molecular flexibility index (Phi) is 2.92. The van der Waals surface area contributed by atoms with E-state index in [0.717, 1.165) is 30.0 Å². The maximum atomic E-state index is 11.9. The van der Waals surface area contributed by atoms with Crippen LogP contribution in [-0.4, -0.2) is 25.5 Å². The van der Waals surface area contributed by atoms with Gasteiger partial charge in [0, 0.05) is 30.1 Å². The topological polar surface area (TPSA) is 38.3 Å². The Hall–Kier alpha value is -1.61. The summed E-state index contributed by atoms with van der Waals surface area (Å²) in [7, 11) is 0. The van der Waals surface area contributed by atoms with Gasteiger partial charge in [-0.3, -0.25) is 4.79 Å². The molecule has 1 aromatic rings. The molecule has 1 N–H and O–H groups in total. The highest BCUT2D eigenvalue weighted by Crippen LogP contribution is 2.31. The third-order valence-corrected chi connectivity index (χ3v) is 3.64. The first-order chi connectivity index (χ1) is 8.75. The number of anilines is 1. The van der Waals surface area contributed by atoms with Crippen molar-refractivity contribution in [1.29, 1.82) is 0 Å². The average molecular weight is 243 g/mol. The van der Waals surface area contributed by atoms with Crippen LogP contribution < -0.4 is 5.32 Å². The minimum Gasteiger partial charge on any atom is -0.384 e. The first kappa shape index (κ1) is 11.5. The molecule has 2 aliphatic rings. The highest BCUT2D eigenvalue weighted by molar-refractivity contribution is 6.03. The molecule has 3 nitrogen and oxygen atoms in total. The zero-order valence-electron chi connectivity index (χ0n) is 10.5. The summed E-state index contributed by atoms with van der Waals surface area (Å²) in [5.41, 5.74) is 4.25. The highest BCUT2D eigenvalue weighted by Gasteiger charge is 2.20. The van der Waals surface area contributed by atoms with E-state index in [4.69, 9.17) is 4.74 Å². The van der Waals surface area contributed by atoms with Crippen molar-refractivity contribution in [3.63, 3.8) is 0 Å². The van der Waals surface area contributed by atoms with Crippen LogP contribution in [0.3, 0.4) is 0 Å². The second-order valence-corrected chi connectivity index (χ2v) is 4.96. The van der Waals surface area contributed by atoms with Gasteiger partial charge in [0.05, 0.1) is 13.2 Å². The minimum absolute atomic E-state index is 0.242. The predicted octanol–water partition coefficient (Wildman–Crippen LogP) is 2.73. The van der Waals surface area contributed by atoms with Crippen molar-refractivity contribution in [3.8, 4) is 0 Å². The van der Waals surface area contributed by atoms with Gasteiger partial charge in [0.1, 0.15) is 0 Å².